The van der Waals surface area contributed by atoms with E-state index in [1.165, 1.54) is 23.8 Å². The van der Waals surface area contributed by atoms with Crippen LogP contribution in [0.25, 0.3) is 0 Å². The molecule has 0 amide bonds. The molecule has 128 valence electrons. The monoisotopic (exact) mass is 349 g/mol. The molecule has 0 aliphatic carbocycles. The zero-order valence-electron chi connectivity index (χ0n) is 13.3. The van der Waals surface area contributed by atoms with Crippen LogP contribution in [0.1, 0.15) is 12.8 Å². The van der Waals surface area contributed by atoms with Crippen LogP contribution in [0.4, 0.5) is 0 Å². The van der Waals surface area contributed by atoms with Crippen molar-refractivity contribution in [3.63, 3.8) is 0 Å². The summed E-state index contributed by atoms with van der Waals surface area (Å²) in [4.78, 5) is 8.45. The van der Waals surface area contributed by atoms with Gasteiger partial charge in [-0.25, -0.2) is 8.42 Å². The zero-order valence-corrected chi connectivity index (χ0v) is 14.1. The lowest BCUT2D eigenvalue weighted by Gasteiger charge is -2.31. The van der Waals surface area contributed by atoms with Crippen molar-refractivity contribution in [3.8, 4) is 11.8 Å². The van der Waals surface area contributed by atoms with Gasteiger partial charge in [-0.2, -0.15) is 9.29 Å². The van der Waals surface area contributed by atoms with E-state index < -0.39 is 10.0 Å². The van der Waals surface area contributed by atoms with Gasteiger partial charge in [-0.3, -0.25) is 4.98 Å². The fraction of sp³-hybridized carbons (Fsp3) is 0.375. The van der Waals surface area contributed by atoms with Crippen LogP contribution in [-0.4, -0.2) is 49.0 Å². The molecule has 1 aliphatic rings. The molecule has 1 saturated heterocycles. The number of rotatable bonds is 5. The second-order valence-electron chi connectivity index (χ2n) is 5.46. The van der Waals surface area contributed by atoms with E-state index in [4.69, 9.17) is 9.47 Å². The number of hydrogen-bond acceptors (Lipinski definition) is 6. The molecule has 7 nitrogen and oxygen atoms in total. The van der Waals surface area contributed by atoms with Gasteiger partial charge < -0.3 is 9.47 Å². The highest BCUT2D eigenvalue weighted by atomic mass is 32.2. The summed E-state index contributed by atoms with van der Waals surface area (Å²) in [6, 6.07) is 8.44. The van der Waals surface area contributed by atoms with Crippen molar-refractivity contribution in [3.05, 3.63) is 42.7 Å². The summed E-state index contributed by atoms with van der Waals surface area (Å²) in [6.45, 7) is 0.775. The molecule has 1 aromatic heterocycles. The summed E-state index contributed by atoms with van der Waals surface area (Å²) in [6.07, 6.45) is 4.21. The Morgan fingerprint density at radius 2 is 1.92 bits per heavy atom. The van der Waals surface area contributed by atoms with Crippen LogP contribution in [0, 0.1) is 0 Å². The zero-order chi connectivity index (χ0) is 17.0. The molecular formula is C16H19N3O4S. The third kappa shape index (κ3) is 3.65. The van der Waals surface area contributed by atoms with E-state index in [1.807, 2.05) is 0 Å². The minimum atomic E-state index is -3.51. The minimum absolute atomic E-state index is 0.265. The van der Waals surface area contributed by atoms with Gasteiger partial charge in [-0.05, 0) is 25.0 Å². The Hall–Kier alpha value is -2.19. The van der Waals surface area contributed by atoms with E-state index in [2.05, 4.69) is 9.97 Å². The lowest BCUT2D eigenvalue weighted by atomic mass is 10.1. The topological polar surface area (TPSA) is 81.6 Å². The van der Waals surface area contributed by atoms with Crippen molar-refractivity contribution < 1.29 is 17.9 Å². The quantitative estimate of drug-likeness (QED) is 0.817. The molecule has 24 heavy (non-hydrogen) atoms. The van der Waals surface area contributed by atoms with Crippen LogP contribution in [0.15, 0.2) is 47.6 Å². The molecule has 0 radical (unpaired) electrons. The van der Waals surface area contributed by atoms with Crippen LogP contribution >= 0.6 is 0 Å². The van der Waals surface area contributed by atoms with Crippen LogP contribution in [-0.2, 0) is 10.0 Å². The fourth-order valence-corrected chi connectivity index (χ4v) is 4.15. The number of hydrogen-bond donors (Lipinski definition) is 0. The molecule has 1 unspecified atom stereocenters. The van der Waals surface area contributed by atoms with Gasteiger partial charge in [0.25, 0.3) is 0 Å². The van der Waals surface area contributed by atoms with Crippen molar-refractivity contribution in [1.82, 2.24) is 14.3 Å². The van der Waals surface area contributed by atoms with Crippen LogP contribution in [0.3, 0.4) is 0 Å². The van der Waals surface area contributed by atoms with Gasteiger partial charge in [0.1, 0.15) is 6.10 Å². The SMILES string of the molecule is COc1cncc(OC2CCCN(S(=O)(=O)c3ccccc3)C2)n1. The van der Waals surface area contributed by atoms with E-state index in [9.17, 15) is 8.42 Å². The summed E-state index contributed by atoms with van der Waals surface area (Å²) >= 11 is 0. The smallest absolute Gasteiger partial charge is 0.243 e. The van der Waals surface area contributed by atoms with E-state index in [0.717, 1.165) is 12.8 Å². The molecule has 8 heteroatoms. The van der Waals surface area contributed by atoms with Gasteiger partial charge in [-0.1, -0.05) is 18.2 Å². The van der Waals surface area contributed by atoms with Gasteiger partial charge in [0.2, 0.25) is 21.8 Å². The Labute approximate surface area is 141 Å². The number of benzene rings is 1. The van der Waals surface area contributed by atoms with Crippen molar-refractivity contribution >= 4 is 10.0 Å². The van der Waals surface area contributed by atoms with Gasteiger partial charge >= 0.3 is 0 Å². The molecule has 1 aliphatic heterocycles. The number of ether oxygens (including phenoxy) is 2. The third-order valence-corrected chi connectivity index (χ3v) is 5.69. The van der Waals surface area contributed by atoms with E-state index >= 15 is 0 Å². The van der Waals surface area contributed by atoms with Gasteiger partial charge in [0.15, 0.2) is 0 Å². The molecule has 2 aromatic rings. The van der Waals surface area contributed by atoms with Gasteiger partial charge in [-0.15, -0.1) is 0 Å². The Morgan fingerprint density at radius 3 is 2.67 bits per heavy atom. The molecular weight excluding hydrogens is 330 g/mol. The predicted octanol–water partition coefficient (Wildman–Crippen LogP) is 1.72. The molecule has 1 fully saturated rings. The van der Waals surface area contributed by atoms with Crippen molar-refractivity contribution in [1.29, 1.82) is 0 Å². The normalized spacial score (nSPS) is 19.0. The number of methoxy groups -OCH3 is 1. The van der Waals surface area contributed by atoms with Crippen LogP contribution in [0.5, 0.6) is 11.8 Å². The van der Waals surface area contributed by atoms with Gasteiger partial charge in [0, 0.05) is 6.54 Å². The molecule has 0 N–H and O–H groups in total. The number of sulfonamides is 1. The summed E-state index contributed by atoms with van der Waals surface area (Å²) in [5.74, 6) is 0.690. The third-order valence-electron chi connectivity index (χ3n) is 3.81. The molecule has 0 bridgehead atoms. The first kappa shape index (κ1) is 16.7. The van der Waals surface area contributed by atoms with E-state index in [-0.39, 0.29) is 12.6 Å². The fourth-order valence-electron chi connectivity index (χ4n) is 2.62. The van der Waals surface area contributed by atoms with Crippen molar-refractivity contribution in [2.24, 2.45) is 0 Å². The molecule has 3 rings (SSSR count). The molecule has 0 saturated carbocycles. The second kappa shape index (κ2) is 7.14. The Morgan fingerprint density at radius 1 is 1.17 bits per heavy atom. The number of piperidine rings is 1. The Kier molecular flexibility index (Phi) is 4.96. The minimum Gasteiger partial charge on any atom is -0.480 e. The summed E-state index contributed by atoms with van der Waals surface area (Å²) in [5.41, 5.74) is 0. The first-order valence-electron chi connectivity index (χ1n) is 7.67. The lowest BCUT2D eigenvalue weighted by molar-refractivity contribution is 0.123. The lowest BCUT2D eigenvalue weighted by Crippen LogP contribution is -2.44. The second-order valence-corrected chi connectivity index (χ2v) is 7.40. The van der Waals surface area contributed by atoms with E-state index in [0.29, 0.717) is 23.2 Å². The maximum atomic E-state index is 12.7. The van der Waals surface area contributed by atoms with Crippen molar-refractivity contribution in [2.45, 2.75) is 23.8 Å². The number of nitrogens with zero attached hydrogens (tertiary/aromatic N) is 3. The largest absolute Gasteiger partial charge is 0.480 e. The molecule has 2 heterocycles. The van der Waals surface area contributed by atoms with E-state index in [1.54, 1.807) is 30.3 Å². The highest BCUT2D eigenvalue weighted by Gasteiger charge is 2.31. The van der Waals surface area contributed by atoms with Crippen LogP contribution < -0.4 is 9.47 Å². The highest BCUT2D eigenvalue weighted by molar-refractivity contribution is 7.89. The van der Waals surface area contributed by atoms with Crippen molar-refractivity contribution in [2.75, 3.05) is 20.2 Å². The summed E-state index contributed by atoms with van der Waals surface area (Å²) in [7, 11) is -2.00. The Balaban J connectivity index is 1.72. The van der Waals surface area contributed by atoms with Crippen LogP contribution in [0.2, 0.25) is 0 Å². The Bertz CT molecular complexity index is 783. The average molecular weight is 349 g/mol. The predicted molar refractivity (Wildman–Crippen MR) is 87.4 cm³/mol. The average Bonchev–Trinajstić information content (AvgIpc) is 2.63. The molecule has 1 aromatic carbocycles. The maximum absolute atomic E-state index is 12.7. The summed E-state index contributed by atoms with van der Waals surface area (Å²) < 4.78 is 37.7. The molecule has 0 spiro atoms. The summed E-state index contributed by atoms with van der Waals surface area (Å²) in [5, 5.41) is 0. The molecule has 1 atom stereocenters. The standard InChI is InChI=1S/C16H19N3O4S/c1-22-15-10-17-11-16(18-15)23-13-6-5-9-19(12-13)24(20,21)14-7-3-2-4-8-14/h2-4,7-8,10-11,13H,5-6,9,12H2,1H3. The van der Waals surface area contributed by atoms with Gasteiger partial charge in [0.05, 0.1) is 30.9 Å². The first-order chi connectivity index (χ1) is 11.6. The maximum Gasteiger partial charge on any atom is 0.243 e. The number of aromatic nitrogens is 2. The highest BCUT2D eigenvalue weighted by Crippen LogP contribution is 2.23. The first-order valence-corrected chi connectivity index (χ1v) is 9.11.